The minimum absolute atomic E-state index is 0.232. The van der Waals surface area contributed by atoms with Gasteiger partial charge in [-0.3, -0.25) is 0 Å². The fourth-order valence-corrected chi connectivity index (χ4v) is 3.75. The molecule has 2 aromatic heterocycles. The van der Waals surface area contributed by atoms with Crippen LogP contribution < -0.4 is 0 Å². The molecule has 25 heavy (non-hydrogen) atoms. The van der Waals surface area contributed by atoms with E-state index >= 15 is 0 Å². The molecule has 5 nitrogen and oxygen atoms in total. The Kier molecular flexibility index (Phi) is 5.08. The van der Waals surface area contributed by atoms with Crippen LogP contribution in [0.2, 0.25) is 0 Å². The molecule has 2 aromatic rings. The van der Waals surface area contributed by atoms with Crippen LogP contribution in [0.15, 0.2) is 23.6 Å². The number of amides is 1. The molecule has 0 spiro atoms. The quantitative estimate of drug-likeness (QED) is 0.784. The molecular formula is C19H25N3O2S. The van der Waals surface area contributed by atoms with Crippen LogP contribution in [-0.2, 0) is 4.74 Å². The van der Waals surface area contributed by atoms with Gasteiger partial charge < -0.3 is 9.64 Å². The molecule has 1 fully saturated rings. The maximum absolute atomic E-state index is 12.4. The summed E-state index contributed by atoms with van der Waals surface area (Å²) in [7, 11) is 0. The molecule has 3 heterocycles. The maximum Gasteiger partial charge on any atom is 0.410 e. The summed E-state index contributed by atoms with van der Waals surface area (Å²) in [6.45, 7) is 9.08. The van der Waals surface area contributed by atoms with E-state index < -0.39 is 5.60 Å². The second kappa shape index (κ2) is 7.12. The van der Waals surface area contributed by atoms with Crippen molar-refractivity contribution in [2.75, 3.05) is 13.1 Å². The first-order valence-corrected chi connectivity index (χ1v) is 9.57. The largest absolute Gasteiger partial charge is 0.444 e. The van der Waals surface area contributed by atoms with Crippen molar-refractivity contribution in [3.63, 3.8) is 0 Å². The molecule has 1 aliphatic rings. The van der Waals surface area contributed by atoms with Crippen LogP contribution >= 0.6 is 11.3 Å². The highest BCUT2D eigenvalue weighted by Crippen LogP contribution is 2.29. The lowest BCUT2D eigenvalue weighted by molar-refractivity contribution is 0.0197. The van der Waals surface area contributed by atoms with Crippen LogP contribution in [0.5, 0.6) is 0 Å². The van der Waals surface area contributed by atoms with Gasteiger partial charge in [-0.15, -0.1) is 11.3 Å². The Hall–Kier alpha value is -1.95. The second-order valence-electron chi connectivity index (χ2n) is 7.51. The van der Waals surface area contributed by atoms with Gasteiger partial charge in [-0.1, -0.05) is 6.07 Å². The number of likely N-dealkylation sites (tertiary alicyclic amines) is 1. The van der Waals surface area contributed by atoms with Gasteiger partial charge in [0.2, 0.25) is 0 Å². The third kappa shape index (κ3) is 4.57. The smallest absolute Gasteiger partial charge is 0.410 e. The van der Waals surface area contributed by atoms with Gasteiger partial charge in [-0.05, 0) is 52.7 Å². The SMILES string of the molecule is Cc1csc(-c2cccc(C3CCCN(C(=O)OC(C)(C)C)C3)n2)n1. The summed E-state index contributed by atoms with van der Waals surface area (Å²) < 4.78 is 5.52. The summed E-state index contributed by atoms with van der Waals surface area (Å²) in [6.07, 6.45) is 1.77. The fourth-order valence-electron chi connectivity index (χ4n) is 2.98. The number of hydrogen-bond acceptors (Lipinski definition) is 5. The Balaban J connectivity index is 1.74. The zero-order valence-electron chi connectivity index (χ0n) is 15.3. The summed E-state index contributed by atoms with van der Waals surface area (Å²) in [5, 5.41) is 2.98. The molecule has 0 radical (unpaired) electrons. The van der Waals surface area contributed by atoms with Crippen LogP contribution in [0.3, 0.4) is 0 Å². The Morgan fingerprint density at radius 2 is 2.12 bits per heavy atom. The third-order valence-electron chi connectivity index (χ3n) is 4.10. The van der Waals surface area contributed by atoms with E-state index in [9.17, 15) is 4.79 Å². The fraction of sp³-hybridized carbons (Fsp3) is 0.526. The highest BCUT2D eigenvalue weighted by molar-refractivity contribution is 7.13. The molecule has 1 unspecified atom stereocenters. The van der Waals surface area contributed by atoms with Gasteiger partial charge in [0.15, 0.2) is 0 Å². The van der Waals surface area contributed by atoms with Crippen molar-refractivity contribution in [3.8, 4) is 10.7 Å². The molecule has 1 aliphatic heterocycles. The number of aromatic nitrogens is 2. The number of carbonyl (C=O) groups is 1. The van der Waals surface area contributed by atoms with Gasteiger partial charge >= 0.3 is 6.09 Å². The van der Waals surface area contributed by atoms with E-state index in [0.717, 1.165) is 41.5 Å². The van der Waals surface area contributed by atoms with Crippen molar-refractivity contribution in [1.82, 2.24) is 14.9 Å². The van der Waals surface area contributed by atoms with E-state index in [2.05, 4.69) is 4.98 Å². The zero-order valence-corrected chi connectivity index (χ0v) is 16.1. The van der Waals surface area contributed by atoms with Crippen LogP contribution in [0.4, 0.5) is 4.79 Å². The van der Waals surface area contributed by atoms with Gasteiger partial charge in [0.05, 0.1) is 5.69 Å². The monoisotopic (exact) mass is 359 g/mol. The highest BCUT2D eigenvalue weighted by atomic mass is 32.1. The van der Waals surface area contributed by atoms with Crippen molar-refractivity contribution >= 4 is 17.4 Å². The summed E-state index contributed by atoms with van der Waals surface area (Å²) in [4.78, 5) is 23.5. The van der Waals surface area contributed by atoms with Crippen LogP contribution in [0, 0.1) is 6.92 Å². The number of nitrogens with zero attached hydrogens (tertiary/aromatic N) is 3. The lowest BCUT2D eigenvalue weighted by Gasteiger charge is -2.34. The molecule has 1 saturated heterocycles. The van der Waals surface area contributed by atoms with Crippen molar-refractivity contribution in [1.29, 1.82) is 0 Å². The van der Waals surface area contributed by atoms with Crippen molar-refractivity contribution < 1.29 is 9.53 Å². The van der Waals surface area contributed by atoms with Gasteiger partial charge in [-0.2, -0.15) is 0 Å². The Morgan fingerprint density at radius 3 is 2.80 bits per heavy atom. The first-order valence-electron chi connectivity index (χ1n) is 8.69. The number of hydrogen-bond donors (Lipinski definition) is 0. The topological polar surface area (TPSA) is 55.3 Å². The highest BCUT2D eigenvalue weighted by Gasteiger charge is 2.29. The number of aryl methyl sites for hydroxylation is 1. The number of rotatable bonds is 2. The number of pyridine rings is 1. The third-order valence-corrected chi connectivity index (χ3v) is 5.08. The molecule has 0 N–H and O–H groups in total. The average molecular weight is 359 g/mol. The lowest BCUT2D eigenvalue weighted by atomic mass is 9.94. The number of thiazole rings is 1. The molecule has 0 bridgehead atoms. The molecule has 1 amide bonds. The van der Waals surface area contributed by atoms with Gasteiger partial charge in [-0.25, -0.2) is 14.8 Å². The molecule has 1 atom stereocenters. The van der Waals surface area contributed by atoms with Crippen molar-refractivity contribution in [3.05, 3.63) is 35.0 Å². The van der Waals surface area contributed by atoms with E-state index in [1.807, 2.05) is 51.3 Å². The number of ether oxygens (including phenoxy) is 1. The maximum atomic E-state index is 12.4. The van der Waals surface area contributed by atoms with Crippen LogP contribution in [-0.4, -0.2) is 39.7 Å². The van der Waals surface area contributed by atoms with Gasteiger partial charge in [0, 0.05) is 35.8 Å². The van der Waals surface area contributed by atoms with E-state index in [4.69, 9.17) is 9.72 Å². The van der Waals surface area contributed by atoms with E-state index in [1.54, 1.807) is 16.2 Å². The van der Waals surface area contributed by atoms with Crippen molar-refractivity contribution in [2.45, 2.75) is 52.1 Å². The van der Waals surface area contributed by atoms with Gasteiger partial charge in [0.25, 0.3) is 0 Å². The second-order valence-corrected chi connectivity index (χ2v) is 8.37. The summed E-state index contributed by atoms with van der Waals surface area (Å²) in [5.41, 5.74) is 2.48. The summed E-state index contributed by atoms with van der Waals surface area (Å²) in [5.74, 6) is 0.238. The Morgan fingerprint density at radius 1 is 1.32 bits per heavy atom. The predicted octanol–water partition coefficient (Wildman–Crippen LogP) is 4.63. The van der Waals surface area contributed by atoms with Crippen LogP contribution in [0.1, 0.15) is 50.9 Å². The average Bonchev–Trinajstić information content (AvgIpc) is 3.00. The van der Waals surface area contributed by atoms with Crippen LogP contribution in [0.25, 0.3) is 10.7 Å². The summed E-state index contributed by atoms with van der Waals surface area (Å²) >= 11 is 1.61. The van der Waals surface area contributed by atoms with Crippen molar-refractivity contribution in [2.24, 2.45) is 0 Å². The van der Waals surface area contributed by atoms with Gasteiger partial charge in [0.1, 0.15) is 10.6 Å². The minimum atomic E-state index is -0.467. The number of piperidine rings is 1. The molecule has 6 heteroatoms. The molecular weight excluding hydrogens is 334 g/mol. The molecule has 3 rings (SSSR count). The molecule has 0 aromatic carbocycles. The predicted molar refractivity (Wildman–Crippen MR) is 99.9 cm³/mol. The molecule has 0 saturated carbocycles. The number of carbonyl (C=O) groups excluding carboxylic acids is 1. The zero-order chi connectivity index (χ0) is 18.0. The standard InChI is InChI=1S/C19H25N3O2S/c1-13-12-25-17(20-13)16-9-5-8-15(21-16)14-7-6-10-22(11-14)18(23)24-19(2,3)4/h5,8-9,12,14H,6-7,10-11H2,1-4H3. The Bertz CT molecular complexity index is 751. The first kappa shape index (κ1) is 17.9. The Labute approximate surface area is 153 Å². The normalized spacial score (nSPS) is 18.2. The first-order chi connectivity index (χ1) is 11.8. The van der Waals surface area contributed by atoms with E-state index in [-0.39, 0.29) is 12.0 Å². The van der Waals surface area contributed by atoms with E-state index in [0.29, 0.717) is 6.54 Å². The minimum Gasteiger partial charge on any atom is -0.444 e. The molecule has 134 valence electrons. The molecule has 0 aliphatic carbocycles. The van der Waals surface area contributed by atoms with E-state index in [1.165, 1.54) is 0 Å². The summed E-state index contributed by atoms with van der Waals surface area (Å²) in [6, 6.07) is 6.07. The lowest BCUT2D eigenvalue weighted by Crippen LogP contribution is -2.42.